The minimum absolute atomic E-state index is 0.282. The van der Waals surface area contributed by atoms with Gasteiger partial charge >= 0.3 is 0 Å². The number of nitrogens with zero attached hydrogens (tertiary/aromatic N) is 2. The van der Waals surface area contributed by atoms with Crippen LogP contribution in [0, 0.1) is 6.92 Å². The lowest BCUT2D eigenvalue weighted by atomic mass is 10.2. The Hall–Kier alpha value is -2.92. The van der Waals surface area contributed by atoms with E-state index < -0.39 is 0 Å². The van der Waals surface area contributed by atoms with Crippen LogP contribution in [0.15, 0.2) is 87.9 Å². The molecule has 1 aromatic heterocycles. The van der Waals surface area contributed by atoms with Crippen molar-refractivity contribution in [3.05, 3.63) is 89.7 Å². The monoisotopic (exact) mass is 347 g/mol. The first-order valence-electron chi connectivity index (χ1n) is 7.79. The van der Waals surface area contributed by atoms with Crippen molar-refractivity contribution in [2.45, 2.75) is 16.7 Å². The molecule has 0 aliphatic carbocycles. The summed E-state index contributed by atoms with van der Waals surface area (Å²) in [6.45, 7) is 2.08. The number of rotatable bonds is 5. The van der Waals surface area contributed by atoms with E-state index in [0.29, 0.717) is 5.56 Å². The van der Waals surface area contributed by atoms with Gasteiger partial charge in [-0.3, -0.25) is 9.78 Å². The van der Waals surface area contributed by atoms with E-state index in [0.717, 1.165) is 10.5 Å². The Morgan fingerprint density at radius 3 is 2.36 bits per heavy atom. The number of hydrogen-bond donors (Lipinski definition) is 1. The molecule has 25 heavy (non-hydrogen) atoms. The molecule has 3 aromatic rings. The molecule has 0 saturated heterocycles. The fourth-order valence-electron chi connectivity index (χ4n) is 2.09. The van der Waals surface area contributed by atoms with Crippen molar-refractivity contribution in [3.63, 3.8) is 0 Å². The third kappa shape index (κ3) is 5.02. The van der Waals surface area contributed by atoms with Crippen LogP contribution in [-0.2, 0) is 0 Å². The molecule has 124 valence electrons. The van der Waals surface area contributed by atoms with Gasteiger partial charge in [0.15, 0.2) is 0 Å². The van der Waals surface area contributed by atoms with Gasteiger partial charge in [0.2, 0.25) is 0 Å². The molecule has 5 heteroatoms. The molecule has 0 aliphatic heterocycles. The van der Waals surface area contributed by atoms with Crippen molar-refractivity contribution in [2.75, 3.05) is 0 Å². The Kier molecular flexibility index (Phi) is 5.59. The predicted octanol–water partition coefficient (Wildman–Crippen LogP) is 4.31. The molecule has 0 radical (unpaired) electrons. The number of aryl methyl sites for hydroxylation is 1. The van der Waals surface area contributed by atoms with Gasteiger partial charge in [-0.25, -0.2) is 5.43 Å². The Bertz CT molecular complexity index is 860. The van der Waals surface area contributed by atoms with Crippen LogP contribution in [0.3, 0.4) is 0 Å². The fraction of sp³-hybridized carbons (Fsp3) is 0.0500. The molecule has 3 rings (SSSR count). The van der Waals surface area contributed by atoms with Gasteiger partial charge in [-0.05, 0) is 48.9 Å². The Morgan fingerprint density at radius 1 is 1.04 bits per heavy atom. The van der Waals surface area contributed by atoms with Gasteiger partial charge < -0.3 is 0 Å². The zero-order valence-corrected chi connectivity index (χ0v) is 14.5. The molecule has 0 saturated carbocycles. The van der Waals surface area contributed by atoms with Gasteiger partial charge in [-0.1, -0.05) is 41.6 Å². The molecule has 1 amide bonds. The third-order valence-corrected chi connectivity index (χ3v) is 4.46. The van der Waals surface area contributed by atoms with Crippen molar-refractivity contribution in [1.29, 1.82) is 0 Å². The highest BCUT2D eigenvalue weighted by Crippen LogP contribution is 2.27. The first-order valence-corrected chi connectivity index (χ1v) is 8.60. The van der Waals surface area contributed by atoms with Crippen molar-refractivity contribution >= 4 is 23.9 Å². The van der Waals surface area contributed by atoms with Gasteiger partial charge in [-0.15, -0.1) is 0 Å². The van der Waals surface area contributed by atoms with Crippen LogP contribution in [0.2, 0.25) is 0 Å². The summed E-state index contributed by atoms with van der Waals surface area (Å²) in [5.74, 6) is -0.282. The van der Waals surface area contributed by atoms with Crippen LogP contribution in [0.5, 0.6) is 0 Å². The lowest BCUT2D eigenvalue weighted by molar-refractivity contribution is 0.0955. The molecule has 2 aromatic carbocycles. The molecule has 0 unspecified atom stereocenters. The highest BCUT2D eigenvalue weighted by atomic mass is 32.2. The van der Waals surface area contributed by atoms with Crippen LogP contribution in [0.4, 0.5) is 0 Å². The molecule has 0 atom stereocenters. The first kappa shape index (κ1) is 16.9. The maximum atomic E-state index is 11.8. The quantitative estimate of drug-likeness (QED) is 0.553. The number of hydrazone groups is 1. The number of carbonyl (C=O) groups excluding carboxylic acids is 1. The van der Waals surface area contributed by atoms with Gasteiger partial charge in [0, 0.05) is 22.2 Å². The fourth-order valence-corrected chi connectivity index (χ4v) is 2.91. The number of hydrogen-bond acceptors (Lipinski definition) is 4. The summed E-state index contributed by atoms with van der Waals surface area (Å²) in [5.41, 5.74) is 5.14. The zero-order valence-electron chi connectivity index (χ0n) is 13.7. The number of aromatic nitrogens is 1. The average molecular weight is 347 g/mol. The lowest BCUT2D eigenvalue weighted by Gasteiger charge is -2.03. The summed E-state index contributed by atoms with van der Waals surface area (Å²) in [6.07, 6.45) is 4.74. The summed E-state index contributed by atoms with van der Waals surface area (Å²) in [7, 11) is 0. The molecule has 0 fully saturated rings. The van der Waals surface area contributed by atoms with Crippen molar-refractivity contribution < 1.29 is 4.79 Å². The molecular formula is C20H17N3OS. The number of amides is 1. The van der Waals surface area contributed by atoms with E-state index in [9.17, 15) is 4.79 Å². The smallest absolute Gasteiger partial charge is 0.267 e. The Balaban J connectivity index is 1.57. The van der Waals surface area contributed by atoms with E-state index in [2.05, 4.69) is 46.7 Å². The van der Waals surface area contributed by atoms with Gasteiger partial charge in [0.1, 0.15) is 0 Å². The van der Waals surface area contributed by atoms with Crippen molar-refractivity contribution in [1.82, 2.24) is 10.4 Å². The third-order valence-electron chi connectivity index (χ3n) is 3.44. The second-order valence-corrected chi connectivity index (χ2v) is 6.57. The second-order valence-electron chi connectivity index (χ2n) is 5.42. The summed E-state index contributed by atoms with van der Waals surface area (Å²) in [6, 6.07) is 19.9. The minimum Gasteiger partial charge on any atom is -0.267 e. The number of pyridine rings is 1. The minimum atomic E-state index is -0.282. The maximum Gasteiger partial charge on any atom is 0.272 e. The van der Waals surface area contributed by atoms with Crippen LogP contribution in [0.25, 0.3) is 0 Å². The highest BCUT2D eigenvalue weighted by Gasteiger charge is 2.02. The summed E-state index contributed by atoms with van der Waals surface area (Å²) >= 11 is 1.71. The van der Waals surface area contributed by atoms with Crippen LogP contribution < -0.4 is 5.43 Å². The average Bonchev–Trinajstić information content (AvgIpc) is 2.66. The van der Waals surface area contributed by atoms with E-state index in [-0.39, 0.29) is 5.91 Å². The van der Waals surface area contributed by atoms with Gasteiger partial charge in [0.05, 0.1) is 11.8 Å². The number of benzene rings is 2. The molecule has 1 heterocycles. The zero-order chi connectivity index (χ0) is 17.5. The standard InChI is InChI=1S/C20H17N3OS/c1-15-4-8-18(9-5-15)25-19-10-6-16(7-11-19)13-22-23-20(24)17-3-2-12-21-14-17/h2-14H,1H3,(H,23,24)/b22-13-. The predicted molar refractivity (Wildman–Crippen MR) is 101 cm³/mol. The Labute approximate surface area is 151 Å². The second kappa shape index (κ2) is 8.26. The van der Waals surface area contributed by atoms with E-state index in [1.165, 1.54) is 16.7 Å². The number of carbonyl (C=O) groups is 1. The van der Waals surface area contributed by atoms with Crippen molar-refractivity contribution in [2.24, 2.45) is 5.10 Å². The van der Waals surface area contributed by atoms with Gasteiger partial charge in [-0.2, -0.15) is 5.10 Å². The van der Waals surface area contributed by atoms with E-state index >= 15 is 0 Å². The molecule has 1 N–H and O–H groups in total. The SMILES string of the molecule is Cc1ccc(Sc2ccc(/C=N\NC(=O)c3cccnc3)cc2)cc1. The lowest BCUT2D eigenvalue weighted by Crippen LogP contribution is -2.17. The molecule has 0 spiro atoms. The molecule has 0 bridgehead atoms. The van der Waals surface area contributed by atoms with Crippen LogP contribution in [0.1, 0.15) is 21.5 Å². The molecule has 0 aliphatic rings. The molecule has 4 nitrogen and oxygen atoms in total. The van der Waals surface area contributed by atoms with E-state index in [4.69, 9.17) is 0 Å². The van der Waals surface area contributed by atoms with Gasteiger partial charge in [0.25, 0.3) is 5.91 Å². The van der Waals surface area contributed by atoms with Crippen molar-refractivity contribution in [3.8, 4) is 0 Å². The topological polar surface area (TPSA) is 54.4 Å². The summed E-state index contributed by atoms with van der Waals surface area (Å²) < 4.78 is 0. The highest BCUT2D eigenvalue weighted by molar-refractivity contribution is 7.99. The first-order chi connectivity index (χ1) is 12.2. The summed E-state index contributed by atoms with van der Waals surface area (Å²) in [4.78, 5) is 18.1. The maximum absolute atomic E-state index is 11.8. The number of nitrogens with one attached hydrogen (secondary N) is 1. The van der Waals surface area contributed by atoms with Crippen LogP contribution in [-0.4, -0.2) is 17.1 Å². The summed E-state index contributed by atoms with van der Waals surface area (Å²) in [5, 5.41) is 3.98. The van der Waals surface area contributed by atoms with Crippen LogP contribution >= 0.6 is 11.8 Å². The van der Waals surface area contributed by atoms with E-state index in [1.54, 1.807) is 36.3 Å². The van der Waals surface area contributed by atoms with E-state index in [1.807, 2.05) is 24.3 Å². The Morgan fingerprint density at radius 2 is 1.72 bits per heavy atom. The largest absolute Gasteiger partial charge is 0.272 e. The molecular weight excluding hydrogens is 330 g/mol. The normalized spacial score (nSPS) is 10.8.